The molecule has 144 valence electrons. The molecule has 0 spiro atoms. The van der Waals surface area contributed by atoms with Crippen LogP contribution in [0, 0.1) is 5.92 Å². The van der Waals surface area contributed by atoms with E-state index in [-0.39, 0.29) is 17.7 Å². The van der Waals surface area contributed by atoms with Gasteiger partial charge in [-0.1, -0.05) is 30.3 Å². The van der Waals surface area contributed by atoms with Gasteiger partial charge in [0.1, 0.15) is 19.3 Å². The van der Waals surface area contributed by atoms with Crippen LogP contribution in [0.1, 0.15) is 29.0 Å². The van der Waals surface area contributed by atoms with Gasteiger partial charge in [-0.3, -0.25) is 4.79 Å². The van der Waals surface area contributed by atoms with Gasteiger partial charge in [0.05, 0.1) is 0 Å². The molecule has 2 aliphatic heterocycles. The first-order valence-electron chi connectivity index (χ1n) is 9.61. The summed E-state index contributed by atoms with van der Waals surface area (Å²) >= 11 is 0. The van der Waals surface area contributed by atoms with Crippen LogP contribution >= 0.6 is 0 Å². The summed E-state index contributed by atoms with van der Waals surface area (Å²) in [5.41, 5.74) is 3.09. The van der Waals surface area contributed by atoms with E-state index in [1.54, 1.807) is 4.90 Å². The van der Waals surface area contributed by atoms with Crippen LogP contribution in [0.2, 0.25) is 0 Å². The summed E-state index contributed by atoms with van der Waals surface area (Å²) in [6.45, 7) is 1.43. The van der Waals surface area contributed by atoms with E-state index in [4.69, 9.17) is 9.47 Å². The summed E-state index contributed by atoms with van der Waals surface area (Å²) in [6, 6.07) is 12.8. The Balaban J connectivity index is 1.36. The molecule has 6 heteroatoms. The second kappa shape index (κ2) is 6.55. The van der Waals surface area contributed by atoms with Gasteiger partial charge in [0.2, 0.25) is 5.91 Å². The third-order valence-electron chi connectivity index (χ3n) is 5.92. The number of ether oxygens (including phenoxy) is 2. The predicted molar refractivity (Wildman–Crippen MR) is 100 cm³/mol. The van der Waals surface area contributed by atoms with E-state index in [1.165, 1.54) is 0 Å². The number of hydrogen-bond acceptors (Lipinski definition) is 4. The highest BCUT2D eigenvalue weighted by atomic mass is 16.6. The summed E-state index contributed by atoms with van der Waals surface area (Å²) in [6.07, 6.45) is 1.10. The molecule has 5 rings (SSSR count). The van der Waals surface area contributed by atoms with E-state index in [1.807, 2.05) is 42.5 Å². The fourth-order valence-electron chi connectivity index (χ4n) is 4.32. The minimum Gasteiger partial charge on any atom is -0.486 e. The van der Waals surface area contributed by atoms with Gasteiger partial charge in [0.25, 0.3) is 0 Å². The molecule has 3 aliphatic rings. The van der Waals surface area contributed by atoms with Gasteiger partial charge >= 0.3 is 5.97 Å². The van der Waals surface area contributed by atoms with Crippen LogP contribution in [0.15, 0.2) is 42.5 Å². The first-order chi connectivity index (χ1) is 13.6. The SMILES string of the molecule is O=C(O)[C@@H]1Cc2ccccc2CN1C(=O)[C@@H]1C[C@@H]1c1ccc2c(c1)OCCO2. The molecule has 2 aromatic carbocycles. The summed E-state index contributed by atoms with van der Waals surface area (Å²) in [4.78, 5) is 26.5. The number of fused-ring (bicyclic) bond motifs is 2. The molecule has 1 N–H and O–H groups in total. The Kier molecular flexibility index (Phi) is 4.00. The molecule has 28 heavy (non-hydrogen) atoms. The lowest BCUT2D eigenvalue weighted by atomic mass is 9.93. The smallest absolute Gasteiger partial charge is 0.326 e. The Morgan fingerprint density at radius 2 is 1.75 bits per heavy atom. The van der Waals surface area contributed by atoms with E-state index in [0.717, 1.165) is 34.6 Å². The average molecular weight is 379 g/mol. The fraction of sp³-hybridized carbons (Fsp3) is 0.364. The zero-order valence-corrected chi connectivity index (χ0v) is 15.3. The number of carboxylic acids is 1. The maximum Gasteiger partial charge on any atom is 0.326 e. The normalized spacial score (nSPS) is 25.0. The third-order valence-corrected chi connectivity index (χ3v) is 5.92. The van der Waals surface area contributed by atoms with Crippen molar-refractivity contribution in [2.45, 2.75) is 31.3 Å². The Hall–Kier alpha value is -3.02. The maximum absolute atomic E-state index is 13.2. The fourth-order valence-corrected chi connectivity index (χ4v) is 4.32. The molecule has 0 bridgehead atoms. The van der Waals surface area contributed by atoms with Crippen LogP contribution in [-0.4, -0.2) is 41.1 Å². The molecular weight excluding hydrogens is 358 g/mol. The molecule has 3 atom stereocenters. The zero-order chi connectivity index (χ0) is 19.3. The van der Waals surface area contributed by atoms with E-state index in [0.29, 0.717) is 26.2 Å². The molecule has 2 aromatic rings. The lowest BCUT2D eigenvalue weighted by Gasteiger charge is -2.34. The summed E-state index contributed by atoms with van der Waals surface area (Å²) < 4.78 is 11.2. The molecule has 2 heterocycles. The number of hydrogen-bond donors (Lipinski definition) is 1. The summed E-state index contributed by atoms with van der Waals surface area (Å²) in [5, 5.41) is 9.68. The van der Waals surface area contributed by atoms with Crippen molar-refractivity contribution in [1.29, 1.82) is 0 Å². The molecule has 6 nitrogen and oxygen atoms in total. The minimum atomic E-state index is -0.945. The first-order valence-corrected chi connectivity index (χ1v) is 9.61. The van der Waals surface area contributed by atoms with Crippen LogP contribution in [0.25, 0.3) is 0 Å². The van der Waals surface area contributed by atoms with Crippen LogP contribution in [0.5, 0.6) is 11.5 Å². The number of aliphatic carboxylic acids is 1. The largest absolute Gasteiger partial charge is 0.486 e. The number of rotatable bonds is 3. The molecule has 1 fully saturated rings. The maximum atomic E-state index is 13.2. The Morgan fingerprint density at radius 1 is 1.00 bits per heavy atom. The van der Waals surface area contributed by atoms with Gasteiger partial charge in [-0.2, -0.15) is 0 Å². The van der Waals surface area contributed by atoms with E-state index in [2.05, 4.69) is 0 Å². The molecule has 0 aromatic heterocycles. The predicted octanol–water partition coefficient (Wildman–Crippen LogP) is 2.60. The highest BCUT2D eigenvalue weighted by Gasteiger charge is 2.48. The molecular formula is C22H21NO5. The van der Waals surface area contributed by atoms with E-state index >= 15 is 0 Å². The second-order valence-electron chi connectivity index (χ2n) is 7.64. The van der Waals surface area contributed by atoms with E-state index in [9.17, 15) is 14.7 Å². The zero-order valence-electron chi connectivity index (χ0n) is 15.3. The van der Waals surface area contributed by atoms with Crippen LogP contribution in [-0.2, 0) is 22.6 Å². The molecule has 1 aliphatic carbocycles. The molecule has 0 saturated heterocycles. The molecule has 0 radical (unpaired) electrons. The van der Waals surface area contributed by atoms with Crippen molar-refractivity contribution in [3.8, 4) is 11.5 Å². The lowest BCUT2D eigenvalue weighted by molar-refractivity contribution is -0.152. The number of carbonyl (C=O) groups is 2. The van der Waals surface area contributed by atoms with Crippen LogP contribution < -0.4 is 9.47 Å². The van der Waals surface area contributed by atoms with Crippen molar-refractivity contribution in [3.05, 3.63) is 59.2 Å². The Bertz CT molecular complexity index is 956. The number of amides is 1. The highest BCUT2D eigenvalue weighted by molar-refractivity contribution is 5.88. The highest BCUT2D eigenvalue weighted by Crippen LogP contribution is 2.50. The standard InChI is InChI=1S/C22H21NO5/c24-21(23-12-15-4-2-1-3-13(15)9-18(23)22(25)26)17-11-16(17)14-5-6-19-20(10-14)28-8-7-27-19/h1-6,10,16-18H,7-9,11-12H2,(H,25,26)/t16-,17-,18+/m1/s1. The number of carboxylic acid groups (broad SMARTS) is 1. The van der Waals surface area contributed by atoms with Crippen molar-refractivity contribution in [3.63, 3.8) is 0 Å². The van der Waals surface area contributed by atoms with Crippen molar-refractivity contribution in [2.24, 2.45) is 5.92 Å². The lowest BCUT2D eigenvalue weighted by Crippen LogP contribution is -2.49. The Morgan fingerprint density at radius 3 is 2.54 bits per heavy atom. The van der Waals surface area contributed by atoms with Gasteiger partial charge in [-0.05, 0) is 41.2 Å². The van der Waals surface area contributed by atoms with Gasteiger partial charge in [-0.25, -0.2) is 4.79 Å². The van der Waals surface area contributed by atoms with Crippen molar-refractivity contribution < 1.29 is 24.2 Å². The average Bonchev–Trinajstić information content (AvgIpc) is 3.52. The van der Waals surface area contributed by atoms with Crippen molar-refractivity contribution >= 4 is 11.9 Å². The quantitative estimate of drug-likeness (QED) is 0.887. The van der Waals surface area contributed by atoms with Crippen LogP contribution in [0.3, 0.4) is 0 Å². The van der Waals surface area contributed by atoms with Crippen molar-refractivity contribution in [2.75, 3.05) is 13.2 Å². The van der Waals surface area contributed by atoms with Gasteiger partial charge in [0, 0.05) is 18.9 Å². The molecule has 1 saturated carbocycles. The van der Waals surface area contributed by atoms with Crippen LogP contribution in [0.4, 0.5) is 0 Å². The molecule has 0 unspecified atom stereocenters. The molecule has 1 amide bonds. The number of carbonyl (C=O) groups excluding carboxylic acids is 1. The number of nitrogens with zero attached hydrogens (tertiary/aromatic N) is 1. The van der Waals surface area contributed by atoms with Gasteiger partial charge in [0.15, 0.2) is 11.5 Å². The third kappa shape index (κ3) is 2.89. The van der Waals surface area contributed by atoms with Crippen molar-refractivity contribution in [1.82, 2.24) is 4.90 Å². The first kappa shape index (κ1) is 17.1. The monoisotopic (exact) mass is 379 g/mol. The van der Waals surface area contributed by atoms with E-state index < -0.39 is 12.0 Å². The number of benzene rings is 2. The minimum absolute atomic E-state index is 0.0678. The van der Waals surface area contributed by atoms with Gasteiger partial charge < -0.3 is 19.5 Å². The topological polar surface area (TPSA) is 76.1 Å². The summed E-state index contributed by atoms with van der Waals surface area (Å²) in [5.74, 6) is 0.375. The second-order valence-corrected chi connectivity index (χ2v) is 7.64. The van der Waals surface area contributed by atoms with Gasteiger partial charge in [-0.15, -0.1) is 0 Å². The Labute approximate surface area is 162 Å². The summed E-state index contributed by atoms with van der Waals surface area (Å²) in [7, 11) is 0.